The largest absolute Gasteiger partial charge is 0.480 e. The number of imidazole rings is 1. The van der Waals surface area contributed by atoms with Crippen molar-refractivity contribution in [3.05, 3.63) is 18.2 Å². The van der Waals surface area contributed by atoms with Crippen molar-refractivity contribution in [1.29, 1.82) is 0 Å². The summed E-state index contributed by atoms with van der Waals surface area (Å²) in [5.41, 5.74) is 11.6. The first-order valence-corrected chi connectivity index (χ1v) is 12.3. The molecule has 13 nitrogen and oxygen atoms in total. The van der Waals surface area contributed by atoms with Gasteiger partial charge in [-0.3, -0.25) is 14.4 Å². The molecular formula is C20H35N7O6S. The van der Waals surface area contributed by atoms with Gasteiger partial charge in [0.2, 0.25) is 17.7 Å². The highest BCUT2D eigenvalue weighted by Gasteiger charge is 2.30. The van der Waals surface area contributed by atoms with E-state index in [1.165, 1.54) is 24.3 Å². The lowest BCUT2D eigenvalue weighted by molar-refractivity contribution is -0.142. The predicted molar refractivity (Wildman–Crippen MR) is 127 cm³/mol. The quantitative estimate of drug-likeness (QED) is 0.106. The van der Waals surface area contributed by atoms with Crippen LogP contribution in [0.15, 0.2) is 12.5 Å². The molecule has 0 saturated heterocycles. The predicted octanol–water partition coefficient (Wildman–Crippen LogP) is -2.31. The second-order valence-corrected chi connectivity index (χ2v) is 8.64. The zero-order chi connectivity index (χ0) is 25.5. The number of rotatable bonds is 17. The van der Waals surface area contributed by atoms with Crippen LogP contribution in [-0.4, -0.2) is 93.2 Å². The Bertz CT molecular complexity index is 779. The van der Waals surface area contributed by atoms with Crippen molar-refractivity contribution < 1.29 is 29.4 Å². The van der Waals surface area contributed by atoms with Crippen LogP contribution in [0.2, 0.25) is 0 Å². The molecule has 10 N–H and O–H groups in total. The number of aliphatic carboxylic acids is 1. The number of carbonyl (C=O) groups excluding carboxylic acids is 3. The summed E-state index contributed by atoms with van der Waals surface area (Å²) in [7, 11) is 0. The van der Waals surface area contributed by atoms with Crippen LogP contribution in [-0.2, 0) is 25.6 Å². The molecule has 14 heteroatoms. The summed E-state index contributed by atoms with van der Waals surface area (Å²) in [5, 5.41) is 26.2. The molecule has 1 aromatic heterocycles. The SMILES string of the molecule is CSCCC(NC(=O)C(CCCCN)NC(=O)C(N)CO)C(=O)NC(Cc1cnc[nH]1)C(=O)O. The minimum atomic E-state index is -1.23. The van der Waals surface area contributed by atoms with Gasteiger partial charge < -0.3 is 42.6 Å². The fourth-order valence-corrected chi connectivity index (χ4v) is 3.46. The number of hydrogen-bond donors (Lipinski definition) is 8. The van der Waals surface area contributed by atoms with Crippen molar-refractivity contribution >= 4 is 35.5 Å². The molecule has 0 saturated carbocycles. The first-order valence-electron chi connectivity index (χ1n) is 10.9. The molecule has 0 aliphatic heterocycles. The number of hydrogen-bond acceptors (Lipinski definition) is 9. The number of H-pyrrole nitrogens is 1. The maximum atomic E-state index is 13.0. The lowest BCUT2D eigenvalue weighted by Crippen LogP contribution is -2.57. The first kappa shape index (κ1) is 29.4. The van der Waals surface area contributed by atoms with Gasteiger partial charge in [0.1, 0.15) is 24.2 Å². The third kappa shape index (κ3) is 10.5. The fourth-order valence-electron chi connectivity index (χ4n) is 2.99. The molecule has 0 aliphatic carbocycles. The minimum absolute atomic E-state index is 0.0128. The van der Waals surface area contributed by atoms with Gasteiger partial charge in [-0.1, -0.05) is 0 Å². The molecule has 1 heterocycles. The normalized spacial score (nSPS) is 14.5. The van der Waals surface area contributed by atoms with E-state index >= 15 is 0 Å². The summed E-state index contributed by atoms with van der Waals surface area (Å²) in [4.78, 5) is 56.3. The Morgan fingerprint density at radius 1 is 1.06 bits per heavy atom. The highest BCUT2D eigenvalue weighted by Crippen LogP contribution is 2.07. The van der Waals surface area contributed by atoms with Crippen LogP contribution in [0.1, 0.15) is 31.4 Å². The number of carbonyl (C=O) groups is 4. The Hall–Kier alpha value is -2.68. The van der Waals surface area contributed by atoms with Gasteiger partial charge in [0, 0.05) is 18.3 Å². The topological polar surface area (TPSA) is 226 Å². The number of unbranched alkanes of at least 4 members (excludes halogenated alkanes) is 1. The average Bonchev–Trinajstić information content (AvgIpc) is 3.32. The molecule has 0 fully saturated rings. The number of carboxylic acids is 1. The van der Waals surface area contributed by atoms with E-state index < -0.39 is 54.5 Å². The minimum Gasteiger partial charge on any atom is -0.480 e. The second kappa shape index (κ2) is 16.0. The number of carboxylic acid groups (broad SMARTS) is 1. The summed E-state index contributed by atoms with van der Waals surface area (Å²) in [6.07, 6.45) is 6.34. The van der Waals surface area contributed by atoms with Gasteiger partial charge in [0.05, 0.1) is 12.9 Å². The molecule has 0 radical (unpaired) electrons. The number of amides is 3. The summed E-state index contributed by atoms with van der Waals surface area (Å²) in [5.74, 6) is -2.68. The van der Waals surface area contributed by atoms with Gasteiger partial charge in [-0.25, -0.2) is 9.78 Å². The third-order valence-electron chi connectivity index (χ3n) is 4.95. The van der Waals surface area contributed by atoms with Gasteiger partial charge >= 0.3 is 5.97 Å². The van der Waals surface area contributed by atoms with Crippen LogP contribution < -0.4 is 27.4 Å². The van der Waals surface area contributed by atoms with Gasteiger partial charge in [0.15, 0.2) is 0 Å². The van der Waals surface area contributed by atoms with E-state index in [0.717, 1.165) is 0 Å². The van der Waals surface area contributed by atoms with Crippen LogP contribution in [0, 0.1) is 0 Å². The highest BCUT2D eigenvalue weighted by atomic mass is 32.2. The molecule has 0 bridgehead atoms. The molecule has 1 aromatic rings. The van der Waals surface area contributed by atoms with Gasteiger partial charge in [-0.05, 0) is 44.2 Å². The Morgan fingerprint density at radius 2 is 1.68 bits per heavy atom. The highest BCUT2D eigenvalue weighted by molar-refractivity contribution is 7.98. The number of aromatic nitrogens is 2. The van der Waals surface area contributed by atoms with E-state index in [1.807, 2.05) is 6.26 Å². The lowest BCUT2D eigenvalue weighted by Gasteiger charge is -2.25. The third-order valence-corrected chi connectivity index (χ3v) is 5.59. The van der Waals surface area contributed by atoms with E-state index in [9.17, 15) is 24.3 Å². The van der Waals surface area contributed by atoms with Crippen LogP contribution in [0.5, 0.6) is 0 Å². The van der Waals surface area contributed by atoms with Crippen LogP contribution in [0.3, 0.4) is 0 Å². The number of thioether (sulfide) groups is 1. The molecule has 34 heavy (non-hydrogen) atoms. The number of aliphatic hydroxyl groups is 1. The Kier molecular flexibility index (Phi) is 13.8. The van der Waals surface area contributed by atoms with E-state index in [4.69, 9.17) is 16.6 Å². The van der Waals surface area contributed by atoms with E-state index in [-0.39, 0.29) is 19.3 Å². The monoisotopic (exact) mass is 501 g/mol. The summed E-state index contributed by atoms with van der Waals surface area (Å²) in [6.45, 7) is -0.182. The summed E-state index contributed by atoms with van der Waals surface area (Å²) in [6, 6.07) is -4.45. The van der Waals surface area contributed by atoms with E-state index in [1.54, 1.807) is 0 Å². The zero-order valence-electron chi connectivity index (χ0n) is 19.2. The van der Waals surface area contributed by atoms with Crippen LogP contribution in [0.25, 0.3) is 0 Å². The van der Waals surface area contributed by atoms with Crippen molar-refractivity contribution in [3.63, 3.8) is 0 Å². The molecule has 1 rings (SSSR count). The molecule has 192 valence electrons. The van der Waals surface area contributed by atoms with Crippen molar-refractivity contribution in [1.82, 2.24) is 25.9 Å². The molecular weight excluding hydrogens is 466 g/mol. The van der Waals surface area contributed by atoms with Gasteiger partial charge in [-0.2, -0.15) is 11.8 Å². The molecule has 4 atom stereocenters. The van der Waals surface area contributed by atoms with Gasteiger partial charge in [0.25, 0.3) is 0 Å². The molecule has 3 amide bonds. The van der Waals surface area contributed by atoms with E-state index in [0.29, 0.717) is 30.8 Å². The number of nitrogens with zero attached hydrogens (tertiary/aromatic N) is 1. The smallest absolute Gasteiger partial charge is 0.326 e. The van der Waals surface area contributed by atoms with Crippen molar-refractivity contribution in [3.8, 4) is 0 Å². The molecule has 0 aliphatic rings. The maximum absolute atomic E-state index is 13.0. The summed E-state index contributed by atoms with van der Waals surface area (Å²) >= 11 is 1.46. The second-order valence-electron chi connectivity index (χ2n) is 7.66. The van der Waals surface area contributed by atoms with Crippen molar-refractivity contribution in [2.24, 2.45) is 11.5 Å². The average molecular weight is 502 g/mol. The Morgan fingerprint density at radius 3 is 2.21 bits per heavy atom. The molecule has 4 unspecified atom stereocenters. The van der Waals surface area contributed by atoms with Crippen LogP contribution in [0.4, 0.5) is 0 Å². The van der Waals surface area contributed by atoms with E-state index in [2.05, 4.69) is 25.9 Å². The fraction of sp³-hybridized carbons (Fsp3) is 0.650. The van der Waals surface area contributed by atoms with Crippen molar-refractivity contribution in [2.45, 2.75) is 56.3 Å². The standard InChI is InChI=1S/C20H35N7O6S/c1-34-7-5-15(19(31)27-16(20(32)33)8-12-9-23-11-24-12)26-18(30)14(4-2-3-6-21)25-17(29)13(22)10-28/h9,11,13-16,28H,2-8,10,21-22H2,1H3,(H,23,24)(H,25,29)(H,26,30)(H,27,31)(H,32,33). The lowest BCUT2D eigenvalue weighted by atomic mass is 10.1. The Balaban J connectivity index is 2.92. The zero-order valence-corrected chi connectivity index (χ0v) is 20.0. The van der Waals surface area contributed by atoms with Gasteiger partial charge in [-0.15, -0.1) is 0 Å². The Labute approximate surface area is 202 Å². The molecule has 0 spiro atoms. The number of nitrogens with two attached hydrogens (primary N) is 2. The summed E-state index contributed by atoms with van der Waals surface area (Å²) < 4.78 is 0. The maximum Gasteiger partial charge on any atom is 0.326 e. The molecule has 0 aromatic carbocycles. The number of aliphatic hydroxyl groups excluding tert-OH is 1. The van der Waals surface area contributed by atoms with Crippen molar-refractivity contribution in [2.75, 3.05) is 25.2 Å². The number of nitrogens with one attached hydrogen (secondary N) is 4. The van der Waals surface area contributed by atoms with Crippen LogP contribution >= 0.6 is 11.8 Å². The first-order chi connectivity index (χ1) is 16.2. The number of aromatic amines is 1.